The summed E-state index contributed by atoms with van der Waals surface area (Å²) in [5, 5.41) is 6.20. The molecule has 0 bridgehead atoms. The number of anilines is 4. The first kappa shape index (κ1) is 22.3. The van der Waals surface area contributed by atoms with Gasteiger partial charge in [0.15, 0.2) is 0 Å². The second kappa shape index (κ2) is 8.78. The van der Waals surface area contributed by atoms with Crippen LogP contribution < -0.4 is 20.4 Å². The van der Waals surface area contributed by atoms with Crippen molar-refractivity contribution in [2.45, 2.75) is 44.6 Å². The van der Waals surface area contributed by atoms with Crippen LogP contribution in [0.1, 0.15) is 37.7 Å². The van der Waals surface area contributed by atoms with Gasteiger partial charge in [-0.1, -0.05) is 12.8 Å². The summed E-state index contributed by atoms with van der Waals surface area (Å²) in [4.78, 5) is 42.5. The second-order valence-electron chi connectivity index (χ2n) is 10.4. The third kappa shape index (κ3) is 3.91. The van der Waals surface area contributed by atoms with Crippen molar-refractivity contribution in [1.82, 2.24) is 20.2 Å². The summed E-state index contributed by atoms with van der Waals surface area (Å²) >= 11 is 0. The minimum absolute atomic E-state index is 0.0897. The Morgan fingerprint density at radius 2 is 1.80 bits per heavy atom. The SMILES string of the molecule is CN1CCN(c2ccc(Nc3ncc4c(n3)N(C3CCCC3)C(=O)[C@]3(CCNC3=O)C4)cc2)CC1. The molecule has 1 aromatic carbocycles. The van der Waals surface area contributed by atoms with Crippen LogP contribution in [-0.4, -0.2) is 72.5 Å². The molecule has 0 radical (unpaired) electrons. The van der Waals surface area contributed by atoms with Gasteiger partial charge in [0.2, 0.25) is 17.8 Å². The minimum Gasteiger partial charge on any atom is -0.369 e. The van der Waals surface area contributed by atoms with Gasteiger partial charge in [-0.25, -0.2) is 4.98 Å². The van der Waals surface area contributed by atoms with E-state index in [1.807, 2.05) is 17.0 Å². The molecule has 1 spiro atoms. The summed E-state index contributed by atoms with van der Waals surface area (Å²) in [5.74, 6) is 0.893. The Bertz CT molecular complexity index is 1120. The van der Waals surface area contributed by atoms with Crippen LogP contribution >= 0.6 is 0 Å². The number of carbonyl (C=O) groups is 2. The Balaban J connectivity index is 1.26. The molecule has 1 atom stereocenters. The van der Waals surface area contributed by atoms with Crippen LogP contribution in [0.2, 0.25) is 0 Å². The van der Waals surface area contributed by atoms with Crippen LogP contribution in [0.5, 0.6) is 0 Å². The number of aromatic nitrogens is 2. The van der Waals surface area contributed by atoms with Crippen molar-refractivity contribution in [1.29, 1.82) is 0 Å². The van der Waals surface area contributed by atoms with Crippen LogP contribution in [0.3, 0.4) is 0 Å². The standard InChI is InChI=1S/C26H33N7O2/c1-31-12-14-32(15-13-31)20-8-6-19(7-9-20)29-25-28-17-18-16-26(10-11-27-23(26)34)24(35)33(22(18)30-25)21-4-2-3-5-21/h6-9,17,21H,2-5,10-16H2,1H3,(H,27,34)(H,28,29,30)/t26-/m1/s1. The number of nitrogens with one attached hydrogen (secondary N) is 2. The number of nitrogens with zero attached hydrogens (tertiary/aromatic N) is 5. The van der Waals surface area contributed by atoms with Gasteiger partial charge in [0.05, 0.1) is 0 Å². The van der Waals surface area contributed by atoms with Crippen molar-refractivity contribution in [3.05, 3.63) is 36.0 Å². The summed E-state index contributed by atoms with van der Waals surface area (Å²) in [7, 11) is 2.16. The third-order valence-electron chi connectivity index (χ3n) is 8.14. The molecule has 6 rings (SSSR count). The zero-order valence-electron chi connectivity index (χ0n) is 20.3. The molecule has 184 valence electrons. The third-order valence-corrected chi connectivity index (χ3v) is 8.14. The van der Waals surface area contributed by atoms with Gasteiger partial charge in [-0.2, -0.15) is 4.98 Å². The molecule has 4 aliphatic rings. The van der Waals surface area contributed by atoms with Gasteiger partial charge in [-0.3, -0.25) is 14.5 Å². The molecule has 3 fully saturated rings. The summed E-state index contributed by atoms with van der Waals surface area (Å²) < 4.78 is 0. The quantitative estimate of drug-likeness (QED) is 0.656. The first-order valence-electron chi connectivity index (χ1n) is 12.8. The molecule has 2 N–H and O–H groups in total. The van der Waals surface area contributed by atoms with Gasteiger partial charge < -0.3 is 20.4 Å². The number of hydrogen-bond acceptors (Lipinski definition) is 7. The average Bonchev–Trinajstić information content (AvgIpc) is 3.52. The molecular weight excluding hydrogens is 442 g/mol. The maximum Gasteiger partial charge on any atom is 0.244 e. The Morgan fingerprint density at radius 3 is 2.49 bits per heavy atom. The van der Waals surface area contributed by atoms with E-state index >= 15 is 0 Å². The monoisotopic (exact) mass is 475 g/mol. The molecule has 9 nitrogen and oxygen atoms in total. The fraction of sp³-hybridized carbons (Fsp3) is 0.538. The smallest absolute Gasteiger partial charge is 0.244 e. The van der Waals surface area contributed by atoms with E-state index in [4.69, 9.17) is 4.98 Å². The lowest BCUT2D eigenvalue weighted by atomic mass is 9.76. The van der Waals surface area contributed by atoms with E-state index in [9.17, 15) is 9.59 Å². The Kier molecular flexibility index (Phi) is 5.59. The predicted octanol–water partition coefficient (Wildman–Crippen LogP) is 2.31. The molecular formula is C26H33N7O2. The highest BCUT2D eigenvalue weighted by Gasteiger charge is 2.56. The first-order chi connectivity index (χ1) is 17.0. The number of fused-ring (bicyclic) bond motifs is 1. The van der Waals surface area contributed by atoms with Gasteiger partial charge in [0, 0.05) is 68.3 Å². The molecule has 2 amide bonds. The van der Waals surface area contributed by atoms with Crippen molar-refractivity contribution in [3.8, 4) is 0 Å². The van der Waals surface area contributed by atoms with Gasteiger partial charge in [0.1, 0.15) is 11.2 Å². The molecule has 1 aliphatic carbocycles. The zero-order valence-corrected chi connectivity index (χ0v) is 20.3. The van der Waals surface area contributed by atoms with E-state index in [0.717, 1.165) is 63.1 Å². The first-order valence-corrected chi connectivity index (χ1v) is 12.8. The van der Waals surface area contributed by atoms with E-state index in [2.05, 4.69) is 44.6 Å². The lowest BCUT2D eigenvalue weighted by Gasteiger charge is -2.40. The molecule has 2 aromatic rings. The maximum atomic E-state index is 13.8. The summed E-state index contributed by atoms with van der Waals surface area (Å²) in [6.07, 6.45) is 6.79. The van der Waals surface area contributed by atoms with Crippen LogP contribution in [0, 0.1) is 5.41 Å². The number of amides is 2. The van der Waals surface area contributed by atoms with Crippen molar-refractivity contribution in [2.24, 2.45) is 5.41 Å². The van der Waals surface area contributed by atoms with Crippen molar-refractivity contribution >= 4 is 35.0 Å². The number of likely N-dealkylation sites (N-methyl/N-ethyl adjacent to an activating group) is 1. The number of carbonyl (C=O) groups excluding carboxylic acids is 2. The highest BCUT2D eigenvalue weighted by atomic mass is 16.2. The van der Waals surface area contributed by atoms with Crippen molar-refractivity contribution in [2.75, 3.05) is 54.9 Å². The number of piperazine rings is 1. The summed E-state index contributed by atoms with van der Waals surface area (Å²) in [5.41, 5.74) is 1.99. The number of benzene rings is 1. The van der Waals surface area contributed by atoms with Gasteiger partial charge in [0.25, 0.3) is 0 Å². The van der Waals surface area contributed by atoms with Crippen LogP contribution in [0.4, 0.5) is 23.1 Å². The molecule has 2 saturated heterocycles. The fourth-order valence-corrected chi connectivity index (χ4v) is 6.01. The molecule has 1 saturated carbocycles. The molecule has 1 aromatic heterocycles. The highest BCUT2D eigenvalue weighted by molar-refractivity contribution is 6.14. The normalized spacial score (nSPS) is 25.3. The van der Waals surface area contributed by atoms with Gasteiger partial charge >= 0.3 is 0 Å². The Hall–Kier alpha value is -3.20. The van der Waals surface area contributed by atoms with Crippen molar-refractivity contribution < 1.29 is 9.59 Å². The Morgan fingerprint density at radius 1 is 1.06 bits per heavy atom. The summed E-state index contributed by atoms with van der Waals surface area (Å²) in [6.45, 7) is 4.75. The minimum atomic E-state index is -1.01. The predicted molar refractivity (Wildman–Crippen MR) is 135 cm³/mol. The maximum absolute atomic E-state index is 13.8. The van der Waals surface area contributed by atoms with Crippen LogP contribution in [0.25, 0.3) is 0 Å². The lowest BCUT2D eigenvalue weighted by Crippen LogP contribution is -2.56. The lowest BCUT2D eigenvalue weighted by molar-refractivity contribution is -0.140. The molecule has 9 heteroatoms. The summed E-state index contributed by atoms with van der Waals surface area (Å²) in [6, 6.07) is 8.45. The van der Waals surface area contributed by atoms with Crippen molar-refractivity contribution in [3.63, 3.8) is 0 Å². The van der Waals surface area contributed by atoms with E-state index < -0.39 is 5.41 Å². The molecule has 0 unspecified atom stereocenters. The van der Waals surface area contributed by atoms with Gasteiger partial charge in [-0.05, 0) is 50.6 Å². The van der Waals surface area contributed by atoms with E-state index in [-0.39, 0.29) is 17.9 Å². The molecule has 35 heavy (non-hydrogen) atoms. The molecule has 4 heterocycles. The van der Waals surface area contributed by atoms with E-state index in [1.165, 1.54) is 5.69 Å². The number of rotatable bonds is 4. The second-order valence-corrected chi connectivity index (χ2v) is 10.4. The highest BCUT2D eigenvalue weighted by Crippen LogP contribution is 2.44. The van der Waals surface area contributed by atoms with E-state index in [0.29, 0.717) is 31.2 Å². The van der Waals surface area contributed by atoms with E-state index in [1.54, 1.807) is 6.20 Å². The van der Waals surface area contributed by atoms with Gasteiger partial charge in [-0.15, -0.1) is 0 Å². The Labute approximate surface area is 205 Å². The molecule has 3 aliphatic heterocycles. The topological polar surface area (TPSA) is 93.7 Å². The largest absolute Gasteiger partial charge is 0.369 e. The fourth-order valence-electron chi connectivity index (χ4n) is 6.01. The van der Waals surface area contributed by atoms with Crippen LogP contribution in [-0.2, 0) is 16.0 Å². The number of hydrogen-bond donors (Lipinski definition) is 2. The van der Waals surface area contributed by atoms with Crippen LogP contribution in [0.15, 0.2) is 30.5 Å². The zero-order chi connectivity index (χ0) is 24.0. The average molecular weight is 476 g/mol.